The molecule has 6 heteroatoms. The molecule has 0 atom stereocenters. The van der Waals surface area contributed by atoms with Gasteiger partial charge in [-0.1, -0.05) is 17.8 Å². The lowest BCUT2D eigenvalue weighted by Crippen LogP contribution is -1.87. The fourth-order valence-corrected chi connectivity index (χ4v) is 2.00. The van der Waals surface area contributed by atoms with Gasteiger partial charge in [-0.05, 0) is 24.3 Å². The SMILES string of the molecule is O=[N+]([O-])c1ccc(Sc2cccc(F)n2)cc1. The summed E-state index contributed by atoms with van der Waals surface area (Å²) in [5.74, 6) is -0.545. The highest BCUT2D eigenvalue weighted by molar-refractivity contribution is 7.99. The second-order valence-electron chi connectivity index (χ2n) is 3.15. The Morgan fingerprint density at radius 3 is 2.47 bits per heavy atom. The molecule has 0 aliphatic rings. The lowest BCUT2D eigenvalue weighted by Gasteiger charge is -2.00. The molecule has 2 rings (SSSR count). The molecule has 86 valence electrons. The maximum atomic E-state index is 12.8. The maximum Gasteiger partial charge on any atom is 0.269 e. The minimum Gasteiger partial charge on any atom is -0.258 e. The molecule has 0 fully saturated rings. The van der Waals surface area contributed by atoms with Crippen LogP contribution in [0.3, 0.4) is 0 Å². The molecule has 0 amide bonds. The van der Waals surface area contributed by atoms with Crippen LogP contribution in [0.1, 0.15) is 0 Å². The maximum absolute atomic E-state index is 12.8. The Morgan fingerprint density at radius 2 is 1.88 bits per heavy atom. The van der Waals surface area contributed by atoms with Crippen LogP contribution in [0.5, 0.6) is 0 Å². The summed E-state index contributed by atoms with van der Waals surface area (Å²) in [6, 6.07) is 10.5. The molecule has 0 aliphatic carbocycles. The van der Waals surface area contributed by atoms with Crippen molar-refractivity contribution in [2.45, 2.75) is 9.92 Å². The van der Waals surface area contributed by atoms with Gasteiger partial charge in [-0.2, -0.15) is 4.39 Å². The van der Waals surface area contributed by atoms with Crippen LogP contribution < -0.4 is 0 Å². The zero-order valence-electron chi connectivity index (χ0n) is 8.54. The van der Waals surface area contributed by atoms with Gasteiger partial charge in [-0.3, -0.25) is 10.1 Å². The van der Waals surface area contributed by atoms with Crippen molar-refractivity contribution in [1.82, 2.24) is 4.98 Å². The van der Waals surface area contributed by atoms with E-state index in [-0.39, 0.29) is 5.69 Å². The van der Waals surface area contributed by atoms with Crippen molar-refractivity contribution in [2.75, 3.05) is 0 Å². The molecule has 0 N–H and O–H groups in total. The molecule has 0 radical (unpaired) electrons. The van der Waals surface area contributed by atoms with E-state index in [0.717, 1.165) is 4.90 Å². The second-order valence-corrected chi connectivity index (χ2v) is 4.25. The Hall–Kier alpha value is -1.95. The molecule has 1 aromatic carbocycles. The molecule has 0 unspecified atom stereocenters. The molecule has 0 bridgehead atoms. The highest BCUT2D eigenvalue weighted by Crippen LogP contribution is 2.27. The molecule has 0 saturated heterocycles. The average Bonchev–Trinajstić information content (AvgIpc) is 2.29. The van der Waals surface area contributed by atoms with E-state index in [2.05, 4.69) is 4.98 Å². The largest absolute Gasteiger partial charge is 0.269 e. The minimum absolute atomic E-state index is 0.0292. The number of hydrogen-bond acceptors (Lipinski definition) is 4. The summed E-state index contributed by atoms with van der Waals surface area (Å²) in [6.45, 7) is 0. The van der Waals surface area contributed by atoms with Crippen LogP contribution in [0.2, 0.25) is 0 Å². The summed E-state index contributed by atoms with van der Waals surface area (Å²) in [5.41, 5.74) is 0.0292. The predicted molar refractivity (Wildman–Crippen MR) is 61.4 cm³/mol. The molecular formula is C11H7FN2O2S. The first-order valence-corrected chi connectivity index (χ1v) is 5.52. The molecule has 0 saturated carbocycles. The van der Waals surface area contributed by atoms with Crippen LogP contribution in [0, 0.1) is 16.1 Å². The smallest absolute Gasteiger partial charge is 0.258 e. The van der Waals surface area contributed by atoms with Crippen molar-refractivity contribution >= 4 is 17.4 Å². The number of nitro benzene ring substituents is 1. The summed E-state index contributed by atoms with van der Waals surface area (Å²) >= 11 is 1.25. The van der Waals surface area contributed by atoms with Crippen LogP contribution in [-0.2, 0) is 0 Å². The van der Waals surface area contributed by atoms with Crippen LogP contribution in [0.4, 0.5) is 10.1 Å². The molecule has 1 heterocycles. The van der Waals surface area contributed by atoms with Gasteiger partial charge in [0, 0.05) is 17.0 Å². The third-order valence-corrected chi connectivity index (χ3v) is 2.90. The first kappa shape index (κ1) is 11.5. The van der Waals surface area contributed by atoms with Gasteiger partial charge in [-0.25, -0.2) is 4.98 Å². The van der Waals surface area contributed by atoms with E-state index in [1.165, 1.54) is 30.0 Å². The molecule has 1 aromatic heterocycles. The summed E-state index contributed by atoms with van der Waals surface area (Å²) in [6.07, 6.45) is 0. The summed E-state index contributed by atoms with van der Waals surface area (Å²) in [4.78, 5) is 14.4. The monoisotopic (exact) mass is 250 g/mol. The lowest BCUT2D eigenvalue weighted by atomic mass is 10.3. The standard InChI is InChI=1S/C11H7FN2O2S/c12-10-2-1-3-11(13-10)17-9-6-4-8(5-7-9)14(15)16/h1-7H. The van der Waals surface area contributed by atoms with Crippen molar-refractivity contribution in [3.63, 3.8) is 0 Å². The van der Waals surface area contributed by atoms with Crippen molar-refractivity contribution < 1.29 is 9.31 Å². The number of halogens is 1. The number of nitrogens with zero attached hydrogens (tertiary/aromatic N) is 2. The van der Waals surface area contributed by atoms with Gasteiger partial charge in [0.25, 0.3) is 5.69 Å². The Kier molecular flexibility index (Phi) is 3.34. The summed E-state index contributed by atoms with van der Waals surface area (Å²) in [7, 11) is 0. The molecular weight excluding hydrogens is 243 g/mol. The van der Waals surface area contributed by atoms with E-state index in [4.69, 9.17) is 0 Å². The van der Waals surface area contributed by atoms with E-state index < -0.39 is 10.9 Å². The van der Waals surface area contributed by atoms with E-state index in [1.807, 2.05) is 0 Å². The average molecular weight is 250 g/mol. The van der Waals surface area contributed by atoms with E-state index in [0.29, 0.717) is 5.03 Å². The van der Waals surface area contributed by atoms with E-state index >= 15 is 0 Å². The van der Waals surface area contributed by atoms with E-state index in [1.54, 1.807) is 24.3 Å². The highest BCUT2D eigenvalue weighted by Gasteiger charge is 2.05. The van der Waals surface area contributed by atoms with Crippen molar-refractivity contribution in [3.8, 4) is 0 Å². The van der Waals surface area contributed by atoms with Gasteiger partial charge in [0.05, 0.1) is 4.92 Å². The van der Waals surface area contributed by atoms with Gasteiger partial charge in [0.1, 0.15) is 5.03 Å². The number of benzene rings is 1. The van der Waals surface area contributed by atoms with Gasteiger partial charge < -0.3 is 0 Å². The van der Waals surface area contributed by atoms with Crippen molar-refractivity contribution in [2.24, 2.45) is 0 Å². The number of rotatable bonds is 3. The minimum atomic E-state index is -0.545. The van der Waals surface area contributed by atoms with Crippen molar-refractivity contribution in [1.29, 1.82) is 0 Å². The van der Waals surface area contributed by atoms with Crippen LogP contribution in [-0.4, -0.2) is 9.91 Å². The highest BCUT2D eigenvalue weighted by atomic mass is 32.2. The normalized spacial score (nSPS) is 10.2. The number of hydrogen-bond donors (Lipinski definition) is 0. The zero-order chi connectivity index (χ0) is 12.3. The second kappa shape index (κ2) is 4.92. The molecule has 0 spiro atoms. The molecule has 0 aliphatic heterocycles. The van der Waals surface area contributed by atoms with Crippen LogP contribution in [0.25, 0.3) is 0 Å². The molecule has 4 nitrogen and oxygen atoms in total. The number of pyridine rings is 1. The fraction of sp³-hybridized carbons (Fsp3) is 0. The van der Waals surface area contributed by atoms with Gasteiger partial charge in [-0.15, -0.1) is 0 Å². The Morgan fingerprint density at radius 1 is 1.18 bits per heavy atom. The lowest BCUT2D eigenvalue weighted by molar-refractivity contribution is -0.384. The quantitative estimate of drug-likeness (QED) is 0.476. The van der Waals surface area contributed by atoms with Gasteiger partial charge in [0.15, 0.2) is 0 Å². The first-order chi connectivity index (χ1) is 8.15. The third kappa shape index (κ3) is 3.01. The molecule has 2 aromatic rings. The Bertz CT molecular complexity index is 545. The Balaban J connectivity index is 2.16. The van der Waals surface area contributed by atoms with E-state index in [9.17, 15) is 14.5 Å². The van der Waals surface area contributed by atoms with Gasteiger partial charge >= 0.3 is 0 Å². The van der Waals surface area contributed by atoms with Gasteiger partial charge in [0.2, 0.25) is 5.95 Å². The Labute approximate surface area is 101 Å². The topological polar surface area (TPSA) is 56.0 Å². The number of nitro groups is 1. The summed E-state index contributed by atoms with van der Waals surface area (Å²) < 4.78 is 12.8. The number of non-ortho nitro benzene ring substituents is 1. The zero-order valence-corrected chi connectivity index (χ0v) is 9.36. The fourth-order valence-electron chi connectivity index (χ4n) is 1.20. The third-order valence-electron chi connectivity index (χ3n) is 1.96. The van der Waals surface area contributed by atoms with Crippen LogP contribution in [0.15, 0.2) is 52.4 Å². The molecule has 17 heavy (non-hydrogen) atoms. The first-order valence-electron chi connectivity index (χ1n) is 4.70. The van der Waals surface area contributed by atoms with Crippen molar-refractivity contribution in [3.05, 3.63) is 58.5 Å². The summed E-state index contributed by atoms with van der Waals surface area (Å²) in [5, 5.41) is 11.0. The predicted octanol–water partition coefficient (Wildman–Crippen LogP) is 3.28. The van der Waals surface area contributed by atoms with Crippen LogP contribution >= 0.6 is 11.8 Å². The number of aromatic nitrogens is 1.